The Kier molecular flexibility index (Phi) is 8.02. The molecule has 1 aromatic heterocycles. The summed E-state index contributed by atoms with van der Waals surface area (Å²) in [6, 6.07) is 14.7. The molecule has 0 aliphatic carbocycles. The minimum atomic E-state index is -0.558. The maximum atomic E-state index is 12.4. The second kappa shape index (κ2) is 11.2. The van der Waals surface area contributed by atoms with Crippen LogP contribution in [-0.4, -0.2) is 51.4 Å². The van der Waals surface area contributed by atoms with E-state index in [1.165, 1.54) is 0 Å². The maximum Gasteiger partial charge on any atom is 0.410 e. The fourth-order valence-corrected chi connectivity index (χ4v) is 4.38. The highest BCUT2D eigenvalue weighted by Crippen LogP contribution is 2.22. The number of amides is 3. The quantitative estimate of drug-likeness (QED) is 0.459. The maximum absolute atomic E-state index is 12.4. The largest absolute Gasteiger partial charge is 0.444 e. The number of hydrogen-bond acceptors (Lipinski definition) is 6. The summed E-state index contributed by atoms with van der Waals surface area (Å²) < 4.78 is 10.9. The SMILES string of the molecule is C[C@@H]1C[C@@H](NC(=O)NCc2ccc(-c3nc(Cc4cccc(Cl)c4)no3)cc2)CN1C(=O)OC(C)(C)C. The van der Waals surface area contributed by atoms with Crippen LogP contribution < -0.4 is 10.6 Å². The van der Waals surface area contributed by atoms with Crippen LogP contribution in [0.5, 0.6) is 0 Å². The lowest BCUT2D eigenvalue weighted by Gasteiger charge is -2.26. The highest BCUT2D eigenvalue weighted by atomic mass is 35.5. The van der Waals surface area contributed by atoms with Crippen LogP contribution in [0.3, 0.4) is 0 Å². The molecule has 1 aliphatic rings. The number of benzene rings is 2. The van der Waals surface area contributed by atoms with E-state index in [4.69, 9.17) is 20.9 Å². The highest BCUT2D eigenvalue weighted by molar-refractivity contribution is 6.30. The van der Waals surface area contributed by atoms with E-state index in [1.807, 2.05) is 76.2 Å². The minimum absolute atomic E-state index is 0.0107. The Labute approximate surface area is 221 Å². The Morgan fingerprint density at radius 1 is 1.16 bits per heavy atom. The molecule has 9 nitrogen and oxygen atoms in total. The molecule has 2 N–H and O–H groups in total. The van der Waals surface area contributed by atoms with Gasteiger partial charge < -0.3 is 24.8 Å². The zero-order chi connectivity index (χ0) is 26.6. The summed E-state index contributed by atoms with van der Waals surface area (Å²) in [7, 11) is 0. The molecule has 0 spiro atoms. The van der Waals surface area contributed by atoms with Crippen molar-refractivity contribution in [2.45, 2.75) is 64.8 Å². The zero-order valence-electron chi connectivity index (χ0n) is 21.5. The number of halogens is 1. The van der Waals surface area contributed by atoms with Gasteiger partial charge in [-0.2, -0.15) is 4.98 Å². The molecule has 2 aromatic carbocycles. The van der Waals surface area contributed by atoms with Gasteiger partial charge in [0.15, 0.2) is 5.82 Å². The Hall–Kier alpha value is -3.59. The summed E-state index contributed by atoms with van der Waals surface area (Å²) in [5.74, 6) is 1.00. The van der Waals surface area contributed by atoms with Crippen molar-refractivity contribution in [3.63, 3.8) is 0 Å². The molecule has 1 fully saturated rings. The molecule has 2 atom stereocenters. The predicted octanol–water partition coefficient (Wildman–Crippen LogP) is 5.18. The standard InChI is InChI=1S/C27H32ClN5O4/c1-17-12-22(16-33(17)26(35)36-27(2,3)4)30-25(34)29-15-18-8-10-20(11-9-18)24-31-23(32-37-24)14-19-6-5-7-21(28)13-19/h5-11,13,17,22H,12,14-16H2,1-4H3,(H2,29,30,34)/t17-,22-/m1/s1. The van der Waals surface area contributed by atoms with Crippen molar-refractivity contribution in [3.05, 3.63) is 70.5 Å². The van der Waals surface area contributed by atoms with Crippen molar-refractivity contribution >= 4 is 23.7 Å². The predicted molar refractivity (Wildman–Crippen MR) is 140 cm³/mol. The first kappa shape index (κ1) is 26.5. The molecule has 37 heavy (non-hydrogen) atoms. The van der Waals surface area contributed by atoms with Crippen LogP contribution in [0.4, 0.5) is 9.59 Å². The minimum Gasteiger partial charge on any atom is -0.444 e. The molecule has 0 unspecified atom stereocenters. The van der Waals surface area contributed by atoms with E-state index >= 15 is 0 Å². The molecular weight excluding hydrogens is 494 g/mol. The molecule has 1 aliphatic heterocycles. The summed E-state index contributed by atoms with van der Waals surface area (Å²) in [6.07, 6.45) is 0.837. The Bertz CT molecular complexity index is 1240. The number of nitrogens with one attached hydrogen (secondary N) is 2. The number of rotatable bonds is 6. The van der Waals surface area contributed by atoms with Gasteiger partial charge in [0.05, 0.1) is 6.04 Å². The van der Waals surface area contributed by atoms with Crippen molar-refractivity contribution in [3.8, 4) is 11.5 Å². The van der Waals surface area contributed by atoms with Crippen molar-refractivity contribution < 1.29 is 18.8 Å². The number of carbonyl (C=O) groups excluding carboxylic acids is 2. The second-order valence-corrected chi connectivity index (χ2v) is 10.7. The average Bonchev–Trinajstić information content (AvgIpc) is 3.43. The number of urea groups is 1. The number of likely N-dealkylation sites (tertiary alicyclic amines) is 1. The van der Waals surface area contributed by atoms with Crippen molar-refractivity contribution in [1.29, 1.82) is 0 Å². The fourth-order valence-electron chi connectivity index (χ4n) is 4.17. The van der Waals surface area contributed by atoms with Gasteiger partial charge in [-0.1, -0.05) is 41.0 Å². The molecular formula is C27H32ClN5O4. The second-order valence-electron chi connectivity index (χ2n) is 10.3. The van der Waals surface area contributed by atoms with Crippen molar-refractivity contribution in [1.82, 2.24) is 25.7 Å². The van der Waals surface area contributed by atoms with Crippen LogP contribution in [0.1, 0.15) is 51.1 Å². The summed E-state index contributed by atoms with van der Waals surface area (Å²) in [6.45, 7) is 8.24. The molecule has 3 amide bonds. The van der Waals surface area contributed by atoms with Crippen LogP contribution >= 0.6 is 11.6 Å². The van der Waals surface area contributed by atoms with Gasteiger partial charge in [0.25, 0.3) is 5.89 Å². The Morgan fingerprint density at radius 3 is 2.62 bits per heavy atom. The molecule has 1 saturated heterocycles. The summed E-state index contributed by atoms with van der Waals surface area (Å²) in [5.41, 5.74) is 2.16. The molecule has 196 valence electrons. The number of aromatic nitrogens is 2. The van der Waals surface area contributed by atoms with E-state index < -0.39 is 5.60 Å². The average molecular weight is 526 g/mol. The first-order valence-corrected chi connectivity index (χ1v) is 12.6. The third kappa shape index (κ3) is 7.45. The van der Waals surface area contributed by atoms with E-state index in [1.54, 1.807) is 4.90 Å². The third-order valence-electron chi connectivity index (χ3n) is 5.91. The number of ether oxygens (including phenoxy) is 1. The van der Waals surface area contributed by atoms with E-state index in [0.29, 0.717) is 42.7 Å². The molecule has 2 heterocycles. The van der Waals surface area contributed by atoms with Gasteiger partial charge >= 0.3 is 12.1 Å². The normalized spacial score (nSPS) is 17.5. The summed E-state index contributed by atoms with van der Waals surface area (Å²) in [5, 5.41) is 10.5. The van der Waals surface area contributed by atoms with Gasteiger partial charge in [0.2, 0.25) is 0 Å². The van der Waals surface area contributed by atoms with E-state index in [9.17, 15) is 9.59 Å². The van der Waals surface area contributed by atoms with E-state index in [-0.39, 0.29) is 24.2 Å². The van der Waals surface area contributed by atoms with Crippen molar-refractivity contribution in [2.75, 3.05) is 6.54 Å². The first-order valence-electron chi connectivity index (χ1n) is 12.3. The van der Waals surface area contributed by atoms with Crippen LogP contribution in [-0.2, 0) is 17.7 Å². The molecule has 0 saturated carbocycles. The lowest BCUT2D eigenvalue weighted by atomic mass is 10.1. The molecule has 4 rings (SSSR count). The molecule has 0 radical (unpaired) electrons. The van der Waals surface area contributed by atoms with Gasteiger partial charge in [-0.3, -0.25) is 0 Å². The first-order chi connectivity index (χ1) is 17.6. The van der Waals surface area contributed by atoms with Crippen LogP contribution in [0.2, 0.25) is 5.02 Å². The van der Waals surface area contributed by atoms with Gasteiger partial charge in [0.1, 0.15) is 5.60 Å². The van der Waals surface area contributed by atoms with Gasteiger partial charge in [-0.25, -0.2) is 9.59 Å². The lowest BCUT2D eigenvalue weighted by Crippen LogP contribution is -2.44. The van der Waals surface area contributed by atoms with Gasteiger partial charge in [-0.15, -0.1) is 0 Å². The van der Waals surface area contributed by atoms with Crippen LogP contribution in [0.25, 0.3) is 11.5 Å². The topological polar surface area (TPSA) is 110 Å². The zero-order valence-corrected chi connectivity index (χ0v) is 22.2. The van der Waals surface area contributed by atoms with Crippen LogP contribution in [0, 0.1) is 0 Å². The molecule has 0 bridgehead atoms. The molecule has 10 heteroatoms. The van der Waals surface area contributed by atoms with Gasteiger partial charge in [0, 0.05) is 36.1 Å². The van der Waals surface area contributed by atoms with Gasteiger partial charge in [-0.05, 0) is 69.5 Å². The van der Waals surface area contributed by atoms with Crippen LogP contribution in [0.15, 0.2) is 53.1 Å². The smallest absolute Gasteiger partial charge is 0.410 e. The number of hydrogen-bond donors (Lipinski definition) is 2. The fraction of sp³-hybridized carbons (Fsp3) is 0.407. The Balaban J connectivity index is 1.25. The number of nitrogens with zero attached hydrogens (tertiary/aromatic N) is 3. The monoisotopic (exact) mass is 525 g/mol. The Morgan fingerprint density at radius 2 is 1.92 bits per heavy atom. The van der Waals surface area contributed by atoms with E-state index in [0.717, 1.165) is 16.7 Å². The summed E-state index contributed by atoms with van der Waals surface area (Å²) >= 11 is 6.04. The third-order valence-corrected chi connectivity index (χ3v) is 6.15. The highest BCUT2D eigenvalue weighted by Gasteiger charge is 2.35. The van der Waals surface area contributed by atoms with Crippen molar-refractivity contribution in [2.24, 2.45) is 0 Å². The summed E-state index contributed by atoms with van der Waals surface area (Å²) in [4.78, 5) is 31.0. The molecule has 3 aromatic rings. The number of carbonyl (C=O) groups is 2. The van der Waals surface area contributed by atoms with E-state index in [2.05, 4.69) is 20.8 Å². The lowest BCUT2D eigenvalue weighted by molar-refractivity contribution is 0.0236.